The van der Waals surface area contributed by atoms with Gasteiger partial charge in [-0.15, -0.1) is 0 Å². The third kappa shape index (κ3) is 2.36. The summed E-state index contributed by atoms with van der Waals surface area (Å²) >= 11 is 3.44. The molecule has 1 amide bonds. The van der Waals surface area contributed by atoms with Crippen molar-refractivity contribution in [3.8, 4) is 0 Å². The predicted octanol–water partition coefficient (Wildman–Crippen LogP) is 0.732. The van der Waals surface area contributed by atoms with Crippen LogP contribution in [0, 0.1) is 11.8 Å². The maximum atomic E-state index is 12.3. The molecule has 2 bridgehead atoms. The van der Waals surface area contributed by atoms with E-state index in [0.29, 0.717) is 24.2 Å². The van der Waals surface area contributed by atoms with Crippen LogP contribution in [-0.4, -0.2) is 48.4 Å². The Labute approximate surface area is 109 Å². The van der Waals surface area contributed by atoms with Crippen molar-refractivity contribution in [3.63, 3.8) is 0 Å². The van der Waals surface area contributed by atoms with E-state index in [1.807, 2.05) is 11.0 Å². The van der Waals surface area contributed by atoms with Crippen molar-refractivity contribution < 1.29 is 9.53 Å². The summed E-state index contributed by atoms with van der Waals surface area (Å²) in [6, 6.07) is 0. The maximum Gasteiger partial charge on any atom is 0.288 e. The lowest BCUT2D eigenvalue weighted by molar-refractivity contribution is -0.133. The van der Waals surface area contributed by atoms with Crippen LogP contribution in [0.2, 0.25) is 0 Å². The molecule has 2 fully saturated rings. The smallest absolute Gasteiger partial charge is 0.288 e. The normalized spacial score (nSPS) is 36.4. The van der Waals surface area contributed by atoms with E-state index in [-0.39, 0.29) is 10.7 Å². The van der Waals surface area contributed by atoms with Gasteiger partial charge in [0.25, 0.3) is 5.91 Å². The van der Waals surface area contributed by atoms with E-state index >= 15 is 0 Å². The molecule has 0 aromatic carbocycles. The predicted molar refractivity (Wildman–Crippen MR) is 67.8 cm³/mol. The lowest BCUT2D eigenvalue weighted by Crippen LogP contribution is -2.53. The molecule has 4 nitrogen and oxygen atoms in total. The molecule has 0 spiro atoms. The molecular formula is C12H17BrN2O2. The van der Waals surface area contributed by atoms with Gasteiger partial charge in [-0.2, -0.15) is 0 Å². The van der Waals surface area contributed by atoms with Crippen molar-refractivity contribution in [2.75, 3.05) is 32.8 Å². The minimum absolute atomic E-state index is 0.0727. The van der Waals surface area contributed by atoms with Crippen molar-refractivity contribution in [1.82, 2.24) is 10.2 Å². The first-order valence-corrected chi connectivity index (χ1v) is 7.12. The zero-order valence-electron chi connectivity index (χ0n) is 9.69. The van der Waals surface area contributed by atoms with Crippen LogP contribution in [0.15, 0.2) is 11.8 Å². The summed E-state index contributed by atoms with van der Waals surface area (Å²) in [5, 5.41) is 3.43. The van der Waals surface area contributed by atoms with Gasteiger partial charge in [0.2, 0.25) is 0 Å². The van der Waals surface area contributed by atoms with Crippen LogP contribution >= 0.6 is 15.9 Å². The fraction of sp³-hybridized carbons (Fsp3) is 0.750. The molecular weight excluding hydrogens is 284 g/mol. The van der Waals surface area contributed by atoms with Crippen molar-refractivity contribution in [3.05, 3.63) is 11.8 Å². The molecule has 5 heteroatoms. The Balaban J connectivity index is 1.68. The highest BCUT2D eigenvalue weighted by atomic mass is 79.9. The van der Waals surface area contributed by atoms with Crippen LogP contribution in [-0.2, 0) is 9.53 Å². The Morgan fingerprint density at radius 1 is 1.41 bits per heavy atom. The molecule has 0 radical (unpaired) electrons. The Hall–Kier alpha value is -0.550. The molecule has 94 valence electrons. The third-order valence-electron chi connectivity index (χ3n) is 3.72. The van der Waals surface area contributed by atoms with Crippen LogP contribution in [0.1, 0.15) is 6.42 Å². The van der Waals surface area contributed by atoms with Gasteiger partial charge >= 0.3 is 0 Å². The molecule has 3 atom stereocenters. The van der Waals surface area contributed by atoms with Gasteiger partial charge < -0.3 is 15.0 Å². The fourth-order valence-electron chi connectivity index (χ4n) is 2.99. The average molecular weight is 301 g/mol. The summed E-state index contributed by atoms with van der Waals surface area (Å²) in [7, 11) is 0. The number of alkyl halides is 1. The molecule has 0 aromatic rings. The number of likely N-dealkylation sites (tertiary alicyclic amines) is 1. The van der Waals surface area contributed by atoms with Crippen LogP contribution in [0.5, 0.6) is 0 Å². The number of ether oxygens (including phenoxy) is 1. The van der Waals surface area contributed by atoms with Gasteiger partial charge in [-0.3, -0.25) is 4.79 Å². The van der Waals surface area contributed by atoms with Crippen LogP contribution in [0.4, 0.5) is 0 Å². The first-order chi connectivity index (χ1) is 8.22. The minimum Gasteiger partial charge on any atom is -0.487 e. The van der Waals surface area contributed by atoms with Gasteiger partial charge in [0.15, 0.2) is 5.76 Å². The number of nitrogens with one attached hydrogen (secondary N) is 1. The highest BCUT2D eigenvalue weighted by Crippen LogP contribution is 2.27. The summed E-state index contributed by atoms with van der Waals surface area (Å²) in [4.78, 5) is 14.4. The topological polar surface area (TPSA) is 41.6 Å². The Morgan fingerprint density at radius 3 is 2.71 bits per heavy atom. The molecule has 0 saturated carbocycles. The number of amides is 1. The van der Waals surface area contributed by atoms with Gasteiger partial charge in [-0.1, -0.05) is 15.9 Å². The standard InChI is InChI=1S/C12H17BrN2O2/c13-10-2-11(17-7-10)12(16)15-5-8-1-9(6-15)4-14-3-8/h2,8-10,14H,1,3-7H2. The minimum atomic E-state index is 0.0727. The van der Waals surface area contributed by atoms with Gasteiger partial charge in [0.1, 0.15) is 6.61 Å². The highest BCUT2D eigenvalue weighted by molar-refractivity contribution is 9.09. The van der Waals surface area contributed by atoms with E-state index in [0.717, 1.165) is 26.2 Å². The van der Waals surface area contributed by atoms with Crippen LogP contribution in [0.25, 0.3) is 0 Å². The number of nitrogens with zero attached hydrogens (tertiary/aromatic N) is 1. The molecule has 3 aliphatic heterocycles. The molecule has 1 N–H and O–H groups in total. The fourth-order valence-corrected chi connectivity index (χ4v) is 3.36. The second-order valence-corrected chi connectivity index (χ2v) is 6.37. The summed E-state index contributed by atoms with van der Waals surface area (Å²) in [6.45, 7) is 4.40. The van der Waals surface area contributed by atoms with E-state index in [1.165, 1.54) is 6.42 Å². The maximum absolute atomic E-state index is 12.3. The number of carbonyl (C=O) groups is 1. The molecule has 0 aromatic heterocycles. The molecule has 2 saturated heterocycles. The van der Waals surface area contributed by atoms with Crippen molar-refractivity contribution >= 4 is 21.8 Å². The van der Waals surface area contributed by atoms with E-state index < -0.39 is 0 Å². The summed E-state index contributed by atoms with van der Waals surface area (Å²) in [6.07, 6.45) is 3.14. The molecule has 3 rings (SSSR count). The number of halogens is 1. The number of rotatable bonds is 1. The Morgan fingerprint density at radius 2 is 2.12 bits per heavy atom. The lowest BCUT2D eigenvalue weighted by atomic mass is 9.86. The highest BCUT2D eigenvalue weighted by Gasteiger charge is 2.35. The van der Waals surface area contributed by atoms with E-state index in [4.69, 9.17) is 4.74 Å². The van der Waals surface area contributed by atoms with Gasteiger partial charge in [0, 0.05) is 13.1 Å². The SMILES string of the molecule is O=C(C1=CC(Br)CO1)N1CC2CNCC(C2)C1. The summed E-state index contributed by atoms with van der Waals surface area (Å²) in [5.74, 6) is 1.84. The number of fused-ring (bicyclic) bond motifs is 2. The number of hydrogen-bond acceptors (Lipinski definition) is 3. The van der Waals surface area contributed by atoms with Gasteiger partial charge in [-0.25, -0.2) is 0 Å². The zero-order chi connectivity index (χ0) is 11.8. The Bertz CT molecular complexity index is 346. The van der Waals surface area contributed by atoms with Crippen molar-refractivity contribution in [2.45, 2.75) is 11.2 Å². The summed E-state index contributed by atoms with van der Waals surface area (Å²) in [5.41, 5.74) is 0. The number of hydrogen-bond donors (Lipinski definition) is 1. The molecule has 17 heavy (non-hydrogen) atoms. The molecule has 3 heterocycles. The van der Waals surface area contributed by atoms with E-state index in [2.05, 4.69) is 21.2 Å². The largest absolute Gasteiger partial charge is 0.487 e. The second kappa shape index (κ2) is 4.61. The van der Waals surface area contributed by atoms with E-state index in [9.17, 15) is 4.79 Å². The van der Waals surface area contributed by atoms with Crippen molar-refractivity contribution in [2.24, 2.45) is 11.8 Å². The van der Waals surface area contributed by atoms with Crippen LogP contribution in [0.3, 0.4) is 0 Å². The monoisotopic (exact) mass is 300 g/mol. The van der Waals surface area contributed by atoms with Gasteiger partial charge in [0.05, 0.1) is 4.83 Å². The number of piperidine rings is 2. The molecule has 3 unspecified atom stereocenters. The quantitative estimate of drug-likeness (QED) is 0.726. The molecule has 3 aliphatic rings. The third-order valence-corrected chi connectivity index (χ3v) is 4.25. The second-order valence-electron chi connectivity index (χ2n) is 5.19. The number of carbonyl (C=O) groups excluding carboxylic acids is 1. The average Bonchev–Trinajstić information content (AvgIpc) is 2.74. The Kier molecular flexibility index (Phi) is 3.13. The zero-order valence-corrected chi connectivity index (χ0v) is 11.3. The van der Waals surface area contributed by atoms with Gasteiger partial charge in [-0.05, 0) is 37.4 Å². The lowest BCUT2D eigenvalue weighted by Gasteiger charge is -2.41. The van der Waals surface area contributed by atoms with Crippen LogP contribution < -0.4 is 5.32 Å². The molecule has 0 aliphatic carbocycles. The first kappa shape index (κ1) is 11.5. The van der Waals surface area contributed by atoms with Crippen molar-refractivity contribution in [1.29, 1.82) is 0 Å². The summed E-state index contributed by atoms with van der Waals surface area (Å²) < 4.78 is 5.41. The first-order valence-electron chi connectivity index (χ1n) is 6.21. The van der Waals surface area contributed by atoms with E-state index in [1.54, 1.807) is 0 Å².